The Hall–Kier alpha value is -2.21. The van der Waals surface area contributed by atoms with Gasteiger partial charge in [-0.3, -0.25) is 19.5 Å². The summed E-state index contributed by atoms with van der Waals surface area (Å²) < 4.78 is 1.30. The van der Waals surface area contributed by atoms with E-state index in [2.05, 4.69) is 11.6 Å². The number of hydrogen-bond donors (Lipinski definition) is 0. The maximum absolute atomic E-state index is 12.0. The van der Waals surface area contributed by atoms with E-state index in [0.29, 0.717) is 10.4 Å². The van der Waals surface area contributed by atoms with Crippen molar-refractivity contribution in [3.8, 4) is 0 Å². The number of benzene rings is 1. The smallest absolute Gasteiger partial charge is 0.271 e. The summed E-state index contributed by atoms with van der Waals surface area (Å²) in [6, 6.07) is 3.91. The molecule has 1 aromatic carbocycles. The third-order valence-corrected chi connectivity index (χ3v) is 2.48. The monoisotopic (exact) mass is 265 g/mol. The first-order chi connectivity index (χ1) is 8.49. The van der Waals surface area contributed by atoms with Crippen LogP contribution in [0.1, 0.15) is 0 Å². The predicted octanol–water partition coefficient (Wildman–Crippen LogP) is 2.06. The SMILES string of the molecule is C=C(Cl)Cn1cnc2cc([N+](=O)[O-])ccc2c1=O. The molecule has 0 atom stereocenters. The molecule has 18 heavy (non-hydrogen) atoms. The van der Waals surface area contributed by atoms with Gasteiger partial charge in [0.1, 0.15) is 0 Å². The number of nitro groups is 1. The standard InChI is InChI=1S/C11H8ClN3O3/c1-7(12)5-14-6-13-10-4-8(15(17)18)2-3-9(10)11(14)16/h2-4,6H,1,5H2. The fraction of sp³-hybridized carbons (Fsp3) is 0.0909. The molecule has 92 valence electrons. The molecule has 1 heterocycles. The molecule has 2 aromatic rings. The Morgan fingerprint density at radius 3 is 2.89 bits per heavy atom. The van der Waals surface area contributed by atoms with Gasteiger partial charge in [0, 0.05) is 17.2 Å². The molecule has 0 radical (unpaired) electrons. The van der Waals surface area contributed by atoms with Gasteiger partial charge in [0.15, 0.2) is 0 Å². The van der Waals surface area contributed by atoms with E-state index in [0.717, 1.165) is 0 Å². The van der Waals surface area contributed by atoms with E-state index in [4.69, 9.17) is 11.6 Å². The van der Waals surface area contributed by atoms with E-state index in [-0.39, 0.29) is 23.3 Å². The van der Waals surface area contributed by atoms with Gasteiger partial charge in [-0.15, -0.1) is 0 Å². The van der Waals surface area contributed by atoms with Gasteiger partial charge in [0.05, 0.1) is 28.7 Å². The van der Waals surface area contributed by atoms with Crippen molar-refractivity contribution in [3.05, 3.63) is 56.6 Å². The van der Waals surface area contributed by atoms with Gasteiger partial charge in [0.2, 0.25) is 0 Å². The molecule has 7 heteroatoms. The van der Waals surface area contributed by atoms with Crippen molar-refractivity contribution in [2.75, 3.05) is 0 Å². The third-order valence-electron chi connectivity index (χ3n) is 2.36. The minimum atomic E-state index is -0.534. The molecule has 2 rings (SSSR count). The number of non-ortho nitro benzene ring substituents is 1. The number of halogens is 1. The van der Waals surface area contributed by atoms with Crippen LogP contribution in [0, 0.1) is 10.1 Å². The quantitative estimate of drug-likeness (QED) is 0.628. The largest absolute Gasteiger partial charge is 0.293 e. The fourth-order valence-electron chi connectivity index (χ4n) is 1.56. The molecular formula is C11H8ClN3O3. The van der Waals surface area contributed by atoms with Crippen LogP contribution >= 0.6 is 11.6 Å². The molecule has 1 aromatic heterocycles. The van der Waals surface area contributed by atoms with Gasteiger partial charge in [-0.05, 0) is 6.07 Å². The highest BCUT2D eigenvalue weighted by Crippen LogP contribution is 2.16. The molecule has 0 unspecified atom stereocenters. The molecule has 6 nitrogen and oxygen atoms in total. The fourth-order valence-corrected chi connectivity index (χ4v) is 1.69. The van der Waals surface area contributed by atoms with E-state index in [1.165, 1.54) is 29.1 Å². The highest BCUT2D eigenvalue weighted by atomic mass is 35.5. The molecule has 0 aliphatic heterocycles. The minimum Gasteiger partial charge on any atom is -0.293 e. The van der Waals surface area contributed by atoms with Crippen LogP contribution in [0.3, 0.4) is 0 Å². The summed E-state index contributed by atoms with van der Waals surface area (Å²) in [6.45, 7) is 3.65. The molecule has 0 saturated heterocycles. The molecular weight excluding hydrogens is 258 g/mol. The lowest BCUT2D eigenvalue weighted by atomic mass is 10.2. The minimum absolute atomic E-state index is 0.103. The summed E-state index contributed by atoms with van der Waals surface area (Å²) in [4.78, 5) is 26.1. The number of allylic oxidation sites excluding steroid dienone is 1. The number of nitro benzene ring substituents is 1. The molecule has 0 aliphatic carbocycles. The number of fused-ring (bicyclic) bond motifs is 1. The van der Waals surface area contributed by atoms with Gasteiger partial charge in [-0.2, -0.15) is 0 Å². The van der Waals surface area contributed by atoms with Crippen molar-refractivity contribution < 1.29 is 4.92 Å². The second kappa shape index (κ2) is 4.58. The Morgan fingerprint density at radius 1 is 1.56 bits per heavy atom. The van der Waals surface area contributed by atoms with Gasteiger partial charge >= 0.3 is 0 Å². The molecule has 0 bridgehead atoms. The summed E-state index contributed by atoms with van der Waals surface area (Å²) in [6.07, 6.45) is 1.29. The summed E-state index contributed by atoms with van der Waals surface area (Å²) in [5.74, 6) is 0. The summed E-state index contributed by atoms with van der Waals surface area (Å²) >= 11 is 5.63. The Balaban J connectivity index is 2.62. The lowest BCUT2D eigenvalue weighted by Gasteiger charge is -2.04. The average Bonchev–Trinajstić information content (AvgIpc) is 2.32. The van der Waals surface area contributed by atoms with Crippen molar-refractivity contribution in [1.29, 1.82) is 0 Å². The van der Waals surface area contributed by atoms with E-state index < -0.39 is 4.92 Å². The van der Waals surface area contributed by atoms with E-state index in [1.54, 1.807) is 0 Å². The van der Waals surface area contributed by atoms with Crippen LogP contribution in [0.2, 0.25) is 0 Å². The number of aromatic nitrogens is 2. The Morgan fingerprint density at radius 2 is 2.28 bits per heavy atom. The first-order valence-electron chi connectivity index (χ1n) is 4.96. The zero-order chi connectivity index (χ0) is 13.3. The Labute approximate surface area is 106 Å². The molecule has 0 N–H and O–H groups in total. The molecule has 0 fully saturated rings. The van der Waals surface area contributed by atoms with Gasteiger partial charge in [-0.1, -0.05) is 18.2 Å². The van der Waals surface area contributed by atoms with Gasteiger partial charge in [0.25, 0.3) is 11.2 Å². The van der Waals surface area contributed by atoms with Gasteiger partial charge < -0.3 is 0 Å². The highest BCUT2D eigenvalue weighted by Gasteiger charge is 2.10. The zero-order valence-electron chi connectivity index (χ0n) is 9.17. The number of hydrogen-bond acceptors (Lipinski definition) is 4. The zero-order valence-corrected chi connectivity index (χ0v) is 9.92. The predicted molar refractivity (Wildman–Crippen MR) is 67.7 cm³/mol. The summed E-state index contributed by atoms with van der Waals surface area (Å²) in [5, 5.41) is 11.2. The van der Waals surface area contributed by atoms with E-state index in [1.807, 2.05) is 0 Å². The topological polar surface area (TPSA) is 78.0 Å². The van der Waals surface area contributed by atoms with E-state index >= 15 is 0 Å². The van der Waals surface area contributed by atoms with Crippen molar-refractivity contribution in [2.45, 2.75) is 6.54 Å². The van der Waals surface area contributed by atoms with Crippen molar-refractivity contribution in [3.63, 3.8) is 0 Å². The Kier molecular flexibility index (Phi) is 3.12. The molecule has 0 aliphatic rings. The average molecular weight is 266 g/mol. The summed E-state index contributed by atoms with van der Waals surface area (Å²) in [7, 11) is 0. The van der Waals surface area contributed by atoms with E-state index in [9.17, 15) is 14.9 Å². The van der Waals surface area contributed by atoms with Crippen LogP contribution in [-0.4, -0.2) is 14.5 Å². The van der Waals surface area contributed by atoms with Crippen molar-refractivity contribution in [2.24, 2.45) is 0 Å². The number of nitrogens with zero attached hydrogens (tertiary/aromatic N) is 3. The lowest BCUT2D eigenvalue weighted by Crippen LogP contribution is -2.20. The van der Waals surface area contributed by atoms with Crippen LogP contribution in [0.25, 0.3) is 10.9 Å². The first kappa shape index (κ1) is 12.3. The normalized spacial score (nSPS) is 10.5. The second-order valence-corrected chi connectivity index (χ2v) is 4.19. The molecule has 0 amide bonds. The molecule has 0 spiro atoms. The van der Waals surface area contributed by atoms with Crippen LogP contribution in [0.5, 0.6) is 0 Å². The second-order valence-electron chi connectivity index (χ2n) is 3.65. The van der Waals surface area contributed by atoms with Crippen molar-refractivity contribution in [1.82, 2.24) is 9.55 Å². The van der Waals surface area contributed by atoms with Crippen molar-refractivity contribution >= 4 is 28.2 Å². The molecule has 0 saturated carbocycles. The lowest BCUT2D eigenvalue weighted by molar-refractivity contribution is -0.384. The highest BCUT2D eigenvalue weighted by molar-refractivity contribution is 6.29. The van der Waals surface area contributed by atoms with Crippen LogP contribution < -0.4 is 5.56 Å². The number of rotatable bonds is 3. The van der Waals surface area contributed by atoms with Gasteiger partial charge in [-0.25, -0.2) is 4.98 Å². The maximum atomic E-state index is 12.0. The third kappa shape index (κ3) is 2.23. The van der Waals surface area contributed by atoms with Crippen LogP contribution in [-0.2, 0) is 6.54 Å². The summed E-state index contributed by atoms with van der Waals surface area (Å²) in [5.41, 5.74) is -0.128. The maximum Gasteiger partial charge on any atom is 0.271 e. The first-order valence-corrected chi connectivity index (χ1v) is 5.33. The van der Waals surface area contributed by atoms with Crippen LogP contribution in [0.4, 0.5) is 5.69 Å². The Bertz CT molecular complexity index is 708. The van der Waals surface area contributed by atoms with Crippen LogP contribution in [0.15, 0.2) is 40.9 Å².